The van der Waals surface area contributed by atoms with Gasteiger partial charge >= 0.3 is 0 Å². The minimum Gasteiger partial charge on any atom is -0.399 e. The number of hydrogen-bond donors (Lipinski definition) is 2. The van der Waals surface area contributed by atoms with E-state index in [-0.39, 0.29) is 20.6 Å². The molecule has 0 aliphatic rings. The quantitative estimate of drug-likeness (QED) is 0.654. The number of hydrogen-bond acceptors (Lipinski definition) is 3. The van der Waals surface area contributed by atoms with Crippen LogP contribution in [-0.2, 0) is 10.0 Å². The number of sulfonamides is 1. The zero-order chi connectivity index (χ0) is 15.8. The Hall–Kier alpha value is -1.50. The monoisotopic (exact) mass is 348 g/mol. The fourth-order valence-electron chi connectivity index (χ4n) is 1.64. The van der Waals surface area contributed by atoms with Crippen LogP contribution in [0.25, 0.3) is 0 Å². The third kappa shape index (κ3) is 3.40. The Balaban J connectivity index is 2.39. The normalized spacial score (nSPS) is 11.4. The molecule has 0 bridgehead atoms. The molecule has 0 aromatic heterocycles. The smallest absolute Gasteiger partial charge is 0.261 e. The lowest BCUT2D eigenvalue weighted by atomic mass is 10.2. The second kappa shape index (κ2) is 5.71. The van der Waals surface area contributed by atoms with Crippen LogP contribution in [0.15, 0.2) is 35.2 Å². The van der Waals surface area contributed by atoms with Gasteiger partial charge in [-0.05, 0) is 42.8 Å². The molecule has 0 saturated carbocycles. The number of nitrogens with one attached hydrogen (secondary N) is 1. The molecule has 3 N–H and O–H groups in total. The number of nitrogens with two attached hydrogens (primary N) is 1. The van der Waals surface area contributed by atoms with E-state index in [0.29, 0.717) is 11.3 Å². The van der Waals surface area contributed by atoms with Gasteiger partial charge in [0.1, 0.15) is 0 Å². The summed E-state index contributed by atoms with van der Waals surface area (Å²) in [7, 11) is -3.84. The Morgan fingerprint density at radius 1 is 1.14 bits per heavy atom. The highest BCUT2D eigenvalue weighted by atomic mass is 35.5. The maximum absolute atomic E-state index is 13.3. The van der Waals surface area contributed by atoms with E-state index in [1.54, 1.807) is 6.92 Å². The molecule has 0 saturated heterocycles. The highest BCUT2D eigenvalue weighted by Crippen LogP contribution is 2.29. The Bertz CT molecular complexity index is 787. The van der Waals surface area contributed by atoms with E-state index in [0.717, 1.165) is 12.1 Å². The van der Waals surface area contributed by atoms with Gasteiger partial charge in [0.05, 0.1) is 20.6 Å². The van der Waals surface area contributed by atoms with Crippen molar-refractivity contribution in [1.29, 1.82) is 0 Å². The molecule has 0 radical (unpaired) electrons. The molecule has 2 aromatic carbocycles. The zero-order valence-corrected chi connectivity index (χ0v) is 13.2. The molecule has 0 unspecified atom stereocenters. The third-order valence-electron chi connectivity index (χ3n) is 2.79. The van der Waals surface area contributed by atoms with E-state index < -0.39 is 15.8 Å². The summed E-state index contributed by atoms with van der Waals surface area (Å²) in [5.41, 5.74) is 6.84. The second-order valence-corrected chi connectivity index (χ2v) is 6.87. The van der Waals surface area contributed by atoms with Gasteiger partial charge in [0.2, 0.25) is 0 Å². The van der Waals surface area contributed by atoms with E-state index in [2.05, 4.69) is 4.72 Å². The standard InChI is InChI=1S/C13H11Cl2FN2O2S/c1-7-4-9(2-3-12(7)17)21(19,20)18-8-5-10(14)13(16)11(15)6-8/h2-6,18H,17H2,1H3. The molecule has 0 amide bonds. The Morgan fingerprint density at radius 2 is 1.71 bits per heavy atom. The topological polar surface area (TPSA) is 72.2 Å². The van der Waals surface area contributed by atoms with Crippen molar-refractivity contribution in [3.05, 3.63) is 51.8 Å². The van der Waals surface area contributed by atoms with Crippen LogP contribution in [0.1, 0.15) is 5.56 Å². The Labute approximate surface area is 131 Å². The van der Waals surface area contributed by atoms with Crippen LogP contribution in [-0.4, -0.2) is 8.42 Å². The number of benzene rings is 2. The first kappa shape index (κ1) is 15.9. The predicted molar refractivity (Wildman–Crippen MR) is 82.8 cm³/mol. The van der Waals surface area contributed by atoms with Gasteiger partial charge in [0, 0.05) is 5.69 Å². The van der Waals surface area contributed by atoms with E-state index in [9.17, 15) is 12.8 Å². The molecule has 2 rings (SSSR count). The fourth-order valence-corrected chi connectivity index (χ4v) is 3.26. The van der Waals surface area contributed by atoms with Gasteiger partial charge in [-0.15, -0.1) is 0 Å². The maximum Gasteiger partial charge on any atom is 0.261 e. The summed E-state index contributed by atoms with van der Waals surface area (Å²) in [4.78, 5) is 0.0331. The largest absolute Gasteiger partial charge is 0.399 e. The zero-order valence-electron chi connectivity index (χ0n) is 10.8. The molecule has 21 heavy (non-hydrogen) atoms. The van der Waals surface area contributed by atoms with Crippen LogP contribution in [0.3, 0.4) is 0 Å². The van der Waals surface area contributed by atoms with E-state index in [1.807, 2.05) is 0 Å². The SMILES string of the molecule is Cc1cc(S(=O)(=O)Nc2cc(Cl)c(F)c(Cl)c2)ccc1N. The van der Waals surface area contributed by atoms with Crippen LogP contribution in [0.4, 0.5) is 15.8 Å². The molecular weight excluding hydrogens is 338 g/mol. The first-order valence-electron chi connectivity index (χ1n) is 5.74. The van der Waals surface area contributed by atoms with Crippen molar-refractivity contribution >= 4 is 44.6 Å². The summed E-state index contributed by atoms with van der Waals surface area (Å²) < 4.78 is 40.1. The number of nitrogen functional groups attached to an aromatic ring is 1. The molecule has 0 heterocycles. The van der Waals surface area contributed by atoms with Crippen molar-refractivity contribution in [2.45, 2.75) is 11.8 Å². The van der Waals surface area contributed by atoms with Crippen molar-refractivity contribution in [1.82, 2.24) is 0 Å². The minimum atomic E-state index is -3.84. The lowest BCUT2D eigenvalue weighted by Gasteiger charge is -2.10. The number of halogens is 3. The van der Waals surface area contributed by atoms with Gasteiger partial charge in [0.15, 0.2) is 5.82 Å². The molecule has 0 aliphatic carbocycles. The van der Waals surface area contributed by atoms with E-state index in [1.165, 1.54) is 18.2 Å². The van der Waals surface area contributed by atoms with Crippen molar-refractivity contribution in [3.63, 3.8) is 0 Å². The van der Waals surface area contributed by atoms with Crippen LogP contribution in [0, 0.1) is 12.7 Å². The van der Waals surface area contributed by atoms with Crippen molar-refractivity contribution in [2.24, 2.45) is 0 Å². The molecule has 112 valence electrons. The van der Waals surface area contributed by atoms with Crippen LogP contribution < -0.4 is 10.5 Å². The molecule has 0 aliphatic heterocycles. The Kier molecular flexibility index (Phi) is 4.32. The van der Waals surface area contributed by atoms with Crippen molar-refractivity contribution < 1.29 is 12.8 Å². The van der Waals surface area contributed by atoms with Crippen molar-refractivity contribution in [2.75, 3.05) is 10.5 Å². The predicted octanol–water partition coefficient (Wildman–Crippen LogP) is 3.82. The molecule has 0 atom stereocenters. The maximum atomic E-state index is 13.3. The third-order valence-corrected chi connectivity index (χ3v) is 4.72. The van der Waals surface area contributed by atoms with Crippen LogP contribution in [0.5, 0.6) is 0 Å². The average molecular weight is 349 g/mol. The molecule has 8 heteroatoms. The lowest BCUT2D eigenvalue weighted by Crippen LogP contribution is -2.13. The van der Waals surface area contributed by atoms with Gasteiger partial charge in [0.25, 0.3) is 10.0 Å². The first-order valence-corrected chi connectivity index (χ1v) is 7.98. The van der Waals surface area contributed by atoms with Gasteiger partial charge in [-0.2, -0.15) is 0 Å². The summed E-state index contributed by atoms with van der Waals surface area (Å²) in [5, 5.41) is -0.539. The van der Waals surface area contributed by atoms with Crippen LogP contribution >= 0.6 is 23.2 Å². The summed E-state index contributed by atoms with van der Waals surface area (Å²) in [6, 6.07) is 6.59. The summed E-state index contributed by atoms with van der Waals surface area (Å²) in [6.45, 7) is 1.69. The highest BCUT2D eigenvalue weighted by molar-refractivity contribution is 7.92. The van der Waals surface area contributed by atoms with Crippen LogP contribution in [0.2, 0.25) is 10.0 Å². The number of anilines is 2. The minimum absolute atomic E-state index is 0.0331. The van der Waals surface area contributed by atoms with Gasteiger partial charge in [-0.3, -0.25) is 4.72 Å². The molecule has 4 nitrogen and oxygen atoms in total. The summed E-state index contributed by atoms with van der Waals surface area (Å²) >= 11 is 11.3. The average Bonchev–Trinajstić information content (AvgIpc) is 2.38. The number of aryl methyl sites for hydroxylation is 1. The fraction of sp³-hybridized carbons (Fsp3) is 0.0769. The molecular formula is C13H11Cl2FN2O2S. The highest BCUT2D eigenvalue weighted by Gasteiger charge is 2.17. The molecule has 0 fully saturated rings. The number of rotatable bonds is 3. The first-order chi connectivity index (χ1) is 9.70. The van der Waals surface area contributed by atoms with Gasteiger partial charge in [-0.25, -0.2) is 12.8 Å². The molecule has 2 aromatic rings. The van der Waals surface area contributed by atoms with Crippen molar-refractivity contribution in [3.8, 4) is 0 Å². The summed E-state index contributed by atoms with van der Waals surface area (Å²) in [5.74, 6) is -0.801. The van der Waals surface area contributed by atoms with Gasteiger partial charge in [-0.1, -0.05) is 23.2 Å². The van der Waals surface area contributed by atoms with E-state index in [4.69, 9.17) is 28.9 Å². The summed E-state index contributed by atoms with van der Waals surface area (Å²) in [6.07, 6.45) is 0. The second-order valence-electron chi connectivity index (χ2n) is 4.38. The Morgan fingerprint density at radius 3 is 2.24 bits per heavy atom. The van der Waals surface area contributed by atoms with E-state index >= 15 is 0 Å². The van der Waals surface area contributed by atoms with Gasteiger partial charge < -0.3 is 5.73 Å². The lowest BCUT2D eigenvalue weighted by molar-refractivity contribution is 0.601. The molecule has 0 spiro atoms.